The van der Waals surface area contributed by atoms with E-state index in [1.807, 2.05) is 30.0 Å². The van der Waals surface area contributed by atoms with Crippen LogP contribution < -0.4 is 9.64 Å². The Morgan fingerprint density at radius 3 is 2.71 bits per heavy atom. The van der Waals surface area contributed by atoms with Crippen LogP contribution in [0.15, 0.2) is 18.2 Å². The first-order valence-corrected chi connectivity index (χ1v) is 8.33. The zero-order chi connectivity index (χ0) is 17.3. The highest BCUT2D eigenvalue weighted by molar-refractivity contribution is 5.93. The summed E-state index contributed by atoms with van der Waals surface area (Å²) in [4.78, 5) is 25.6. The molecule has 0 atom stereocenters. The van der Waals surface area contributed by atoms with E-state index in [0.717, 1.165) is 42.1 Å². The summed E-state index contributed by atoms with van der Waals surface area (Å²) >= 11 is 0. The fourth-order valence-corrected chi connectivity index (χ4v) is 3.10. The molecule has 3 rings (SSSR count). The first-order chi connectivity index (χ1) is 11.5. The number of ether oxygens (including phenoxy) is 1. The van der Waals surface area contributed by atoms with Gasteiger partial charge >= 0.3 is 0 Å². The first kappa shape index (κ1) is 16.5. The minimum atomic E-state index is 0.155. The number of benzene rings is 1. The highest BCUT2D eigenvalue weighted by Gasteiger charge is 2.26. The molecule has 1 aromatic carbocycles. The number of anilines is 1. The normalized spacial score (nSPS) is 15.5. The predicted octanol–water partition coefficient (Wildman–Crippen LogP) is 2.25. The lowest BCUT2D eigenvalue weighted by molar-refractivity contribution is -0.131. The van der Waals surface area contributed by atoms with Gasteiger partial charge in [0.15, 0.2) is 0 Å². The van der Waals surface area contributed by atoms with E-state index in [4.69, 9.17) is 4.74 Å². The van der Waals surface area contributed by atoms with Crippen molar-refractivity contribution in [3.05, 3.63) is 24.0 Å². The van der Waals surface area contributed by atoms with Gasteiger partial charge in [0.2, 0.25) is 5.91 Å². The van der Waals surface area contributed by atoms with E-state index in [-0.39, 0.29) is 5.91 Å². The summed E-state index contributed by atoms with van der Waals surface area (Å²) in [5.74, 6) is 2.92. The molecule has 0 saturated carbocycles. The molecule has 1 aliphatic heterocycles. The van der Waals surface area contributed by atoms with Gasteiger partial charge in [0.25, 0.3) is 0 Å². The lowest BCUT2D eigenvalue weighted by atomic mass is 10.1. The Bertz CT molecular complexity index is 760. The number of methoxy groups -OCH3 is 1. The van der Waals surface area contributed by atoms with Crippen LogP contribution in [-0.2, 0) is 4.79 Å². The van der Waals surface area contributed by atoms with Crippen molar-refractivity contribution in [1.29, 1.82) is 0 Å². The van der Waals surface area contributed by atoms with Crippen molar-refractivity contribution < 1.29 is 9.53 Å². The highest BCUT2D eigenvalue weighted by atomic mass is 16.5. The van der Waals surface area contributed by atoms with Crippen LogP contribution in [-0.4, -0.2) is 54.1 Å². The molecule has 6 nitrogen and oxygen atoms in total. The fourth-order valence-electron chi connectivity index (χ4n) is 3.10. The lowest BCUT2D eigenvalue weighted by Gasteiger charge is -2.36. The number of hydrogen-bond acceptors (Lipinski definition) is 5. The van der Waals surface area contributed by atoms with E-state index in [9.17, 15) is 4.79 Å². The minimum Gasteiger partial charge on any atom is -0.497 e. The Morgan fingerprint density at radius 1 is 1.25 bits per heavy atom. The zero-order valence-electron chi connectivity index (χ0n) is 14.7. The van der Waals surface area contributed by atoms with Gasteiger partial charge in [-0.1, -0.05) is 13.8 Å². The number of carbonyl (C=O) groups is 1. The van der Waals surface area contributed by atoms with Crippen LogP contribution in [0.3, 0.4) is 0 Å². The van der Waals surface area contributed by atoms with E-state index in [1.165, 1.54) is 0 Å². The summed E-state index contributed by atoms with van der Waals surface area (Å²) < 4.78 is 5.33. The molecule has 24 heavy (non-hydrogen) atoms. The number of aryl methyl sites for hydroxylation is 1. The Balaban J connectivity index is 1.93. The number of carbonyl (C=O) groups excluding carboxylic acids is 1. The van der Waals surface area contributed by atoms with Crippen molar-refractivity contribution in [1.82, 2.24) is 14.9 Å². The van der Waals surface area contributed by atoms with Gasteiger partial charge in [-0.25, -0.2) is 9.97 Å². The van der Waals surface area contributed by atoms with Crippen molar-refractivity contribution in [2.75, 3.05) is 38.2 Å². The van der Waals surface area contributed by atoms with Crippen molar-refractivity contribution in [3.63, 3.8) is 0 Å². The molecule has 0 radical (unpaired) electrons. The second-order valence-corrected chi connectivity index (χ2v) is 6.63. The highest BCUT2D eigenvalue weighted by Crippen LogP contribution is 2.28. The number of piperazine rings is 1. The molecule has 2 aromatic rings. The number of aromatic nitrogens is 2. The van der Waals surface area contributed by atoms with E-state index >= 15 is 0 Å². The van der Waals surface area contributed by atoms with E-state index < -0.39 is 0 Å². The predicted molar refractivity (Wildman–Crippen MR) is 94.5 cm³/mol. The molecule has 1 aromatic heterocycles. The maximum absolute atomic E-state index is 12.5. The molecule has 0 N–H and O–H groups in total. The second kappa shape index (κ2) is 6.63. The molecular formula is C18H24N4O2. The molecule has 0 unspecified atom stereocenters. The molecule has 1 aliphatic rings. The van der Waals surface area contributed by atoms with Gasteiger partial charge < -0.3 is 14.5 Å². The van der Waals surface area contributed by atoms with Crippen molar-refractivity contribution in [2.45, 2.75) is 20.8 Å². The molecule has 1 fully saturated rings. The van der Waals surface area contributed by atoms with Crippen LogP contribution in [0.1, 0.15) is 19.7 Å². The molecular weight excluding hydrogens is 304 g/mol. The molecule has 128 valence electrons. The van der Waals surface area contributed by atoms with Crippen molar-refractivity contribution >= 4 is 22.6 Å². The minimum absolute atomic E-state index is 0.155. The average Bonchev–Trinajstić information content (AvgIpc) is 2.55. The Kier molecular flexibility index (Phi) is 4.55. The third-order valence-electron chi connectivity index (χ3n) is 4.20. The van der Waals surface area contributed by atoms with Gasteiger partial charge in [-0.05, 0) is 31.0 Å². The summed E-state index contributed by atoms with van der Waals surface area (Å²) in [6.07, 6.45) is 0. The Labute approximate surface area is 142 Å². The molecule has 0 bridgehead atoms. The summed E-state index contributed by atoms with van der Waals surface area (Å²) in [6.45, 7) is 8.82. The third-order valence-corrected chi connectivity index (χ3v) is 4.20. The Morgan fingerprint density at radius 2 is 2.04 bits per heavy atom. The topological polar surface area (TPSA) is 58.6 Å². The van der Waals surface area contributed by atoms with Crippen LogP contribution in [0.25, 0.3) is 10.9 Å². The first-order valence-electron chi connectivity index (χ1n) is 8.33. The number of nitrogens with zero attached hydrogens (tertiary/aromatic N) is 4. The van der Waals surface area contributed by atoms with E-state index in [0.29, 0.717) is 18.3 Å². The standard InChI is InChI=1S/C18H24N4O2/c1-12(2)10-21-7-8-22(11-17(21)23)18-15-9-14(24-4)5-6-16(15)19-13(3)20-18/h5-6,9,12H,7-8,10-11H2,1-4H3. The van der Waals surface area contributed by atoms with Crippen molar-refractivity contribution in [3.8, 4) is 5.75 Å². The molecule has 1 saturated heterocycles. The van der Waals surface area contributed by atoms with Crippen LogP contribution in [0.5, 0.6) is 5.75 Å². The zero-order valence-corrected chi connectivity index (χ0v) is 14.7. The van der Waals surface area contributed by atoms with Crippen LogP contribution in [0, 0.1) is 12.8 Å². The molecule has 0 aliphatic carbocycles. The molecule has 2 heterocycles. The van der Waals surface area contributed by atoms with Gasteiger partial charge in [-0.2, -0.15) is 0 Å². The van der Waals surface area contributed by atoms with Gasteiger partial charge in [-0.3, -0.25) is 4.79 Å². The SMILES string of the molecule is COc1ccc2nc(C)nc(N3CCN(CC(C)C)C(=O)C3)c2c1. The summed E-state index contributed by atoms with van der Waals surface area (Å²) in [5.41, 5.74) is 0.871. The van der Waals surface area contributed by atoms with E-state index in [2.05, 4.69) is 28.7 Å². The molecule has 0 spiro atoms. The Hall–Kier alpha value is -2.37. The molecule has 1 amide bonds. The third kappa shape index (κ3) is 3.27. The fraction of sp³-hybridized carbons (Fsp3) is 0.500. The van der Waals surface area contributed by atoms with E-state index in [1.54, 1.807) is 7.11 Å². The summed E-state index contributed by atoms with van der Waals surface area (Å²) in [7, 11) is 1.64. The average molecular weight is 328 g/mol. The van der Waals surface area contributed by atoms with Crippen LogP contribution in [0.2, 0.25) is 0 Å². The summed E-state index contributed by atoms with van der Waals surface area (Å²) in [6, 6.07) is 5.77. The van der Waals surface area contributed by atoms with Crippen LogP contribution in [0.4, 0.5) is 5.82 Å². The van der Waals surface area contributed by atoms with Gasteiger partial charge in [0.05, 0.1) is 19.2 Å². The quantitative estimate of drug-likeness (QED) is 0.861. The van der Waals surface area contributed by atoms with Crippen molar-refractivity contribution in [2.24, 2.45) is 5.92 Å². The van der Waals surface area contributed by atoms with Crippen LogP contribution >= 0.6 is 0 Å². The number of hydrogen-bond donors (Lipinski definition) is 0. The maximum Gasteiger partial charge on any atom is 0.242 e. The largest absolute Gasteiger partial charge is 0.497 e. The molecule has 6 heteroatoms. The monoisotopic (exact) mass is 328 g/mol. The van der Waals surface area contributed by atoms with Gasteiger partial charge in [-0.15, -0.1) is 0 Å². The van der Waals surface area contributed by atoms with Gasteiger partial charge in [0.1, 0.15) is 17.4 Å². The number of rotatable bonds is 4. The number of amides is 1. The summed E-state index contributed by atoms with van der Waals surface area (Å²) in [5, 5.41) is 0.921. The smallest absolute Gasteiger partial charge is 0.242 e. The maximum atomic E-state index is 12.5. The van der Waals surface area contributed by atoms with Gasteiger partial charge in [0, 0.05) is 25.0 Å². The second-order valence-electron chi connectivity index (χ2n) is 6.63. The lowest BCUT2D eigenvalue weighted by Crippen LogP contribution is -2.51. The number of fused-ring (bicyclic) bond motifs is 1.